The van der Waals surface area contributed by atoms with Gasteiger partial charge in [0.2, 0.25) is 0 Å². The number of carbonyl (C=O) groups is 1. The zero-order chi connectivity index (χ0) is 16.9. The molecular weight excluding hydrogens is 324 g/mol. The summed E-state index contributed by atoms with van der Waals surface area (Å²) in [4.78, 5) is 19.8. The highest BCUT2D eigenvalue weighted by molar-refractivity contribution is 7.15. The molecule has 24 heavy (non-hydrogen) atoms. The van der Waals surface area contributed by atoms with Crippen LogP contribution < -0.4 is 4.74 Å². The van der Waals surface area contributed by atoms with Crippen molar-refractivity contribution < 1.29 is 14.3 Å². The number of carbonyl (C=O) groups excluding carboxylic acids is 1. The molecule has 128 valence electrons. The Morgan fingerprint density at radius 1 is 1.33 bits per heavy atom. The topological polar surface area (TPSA) is 51.7 Å². The van der Waals surface area contributed by atoms with Gasteiger partial charge in [0, 0.05) is 23.4 Å². The third-order valence-electron chi connectivity index (χ3n) is 4.05. The summed E-state index contributed by atoms with van der Waals surface area (Å²) in [5, 5.41) is 0.990. The Morgan fingerprint density at radius 2 is 2.12 bits per heavy atom. The van der Waals surface area contributed by atoms with Crippen LogP contribution in [0, 0.1) is 0 Å². The van der Waals surface area contributed by atoms with Crippen LogP contribution in [0.15, 0.2) is 24.3 Å². The highest BCUT2D eigenvalue weighted by Gasteiger charge is 2.25. The molecule has 0 aliphatic carbocycles. The maximum Gasteiger partial charge on any atom is 0.410 e. The van der Waals surface area contributed by atoms with Crippen LogP contribution in [-0.4, -0.2) is 36.2 Å². The smallest absolute Gasteiger partial charge is 0.410 e. The lowest BCUT2D eigenvalue weighted by molar-refractivity contribution is 0.0969. The van der Waals surface area contributed by atoms with Gasteiger partial charge in [-0.05, 0) is 30.7 Å². The fourth-order valence-electron chi connectivity index (χ4n) is 2.60. The average Bonchev–Trinajstić information content (AvgIpc) is 3.05. The van der Waals surface area contributed by atoms with E-state index in [0.29, 0.717) is 19.7 Å². The quantitative estimate of drug-likeness (QED) is 0.765. The van der Waals surface area contributed by atoms with Gasteiger partial charge in [0.05, 0.1) is 26.0 Å². The van der Waals surface area contributed by atoms with Crippen molar-refractivity contribution >= 4 is 17.4 Å². The summed E-state index contributed by atoms with van der Waals surface area (Å²) in [5.41, 5.74) is 2.18. The molecule has 0 unspecified atom stereocenters. The predicted molar refractivity (Wildman–Crippen MR) is 94.5 cm³/mol. The minimum Gasteiger partial charge on any atom is -0.497 e. The van der Waals surface area contributed by atoms with Gasteiger partial charge in [0.25, 0.3) is 0 Å². The lowest BCUT2D eigenvalue weighted by Crippen LogP contribution is -2.36. The minimum atomic E-state index is -0.214. The van der Waals surface area contributed by atoms with Crippen LogP contribution in [0.3, 0.4) is 0 Å². The third-order valence-corrected chi connectivity index (χ3v) is 5.18. The van der Waals surface area contributed by atoms with Crippen LogP contribution in [0.4, 0.5) is 4.79 Å². The number of benzene rings is 1. The van der Waals surface area contributed by atoms with E-state index in [-0.39, 0.29) is 6.09 Å². The number of aromatic nitrogens is 1. The van der Waals surface area contributed by atoms with Gasteiger partial charge in [0.15, 0.2) is 0 Å². The molecule has 2 heterocycles. The van der Waals surface area contributed by atoms with E-state index < -0.39 is 0 Å². The molecule has 0 spiro atoms. The van der Waals surface area contributed by atoms with Crippen LogP contribution in [0.2, 0.25) is 0 Å². The maximum absolute atomic E-state index is 12.1. The van der Waals surface area contributed by atoms with E-state index in [4.69, 9.17) is 14.5 Å². The van der Waals surface area contributed by atoms with Crippen LogP contribution in [0.5, 0.6) is 5.75 Å². The molecule has 0 fully saturated rings. The highest BCUT2D eigenvalue weighted by atomic mass is 32.1. The Hall–Kier alpha value is -2.08. The van der Waals surface area contributed by atoms with Gasteiger partial charge in [0.1, 0.15) is 10.8 Å². The second-order valence-corrected chi connectivity index (χ2v) is 6.84. The molecule has 3 rings (SSSR count). The molecule has 1 aromatic carbocycles. The number of thiazole rings is 1. The molecule has 1 aromatic heterocycles. The van der Waals surface area contributed by atoms with Gasteiger partial charge in [-0.3, -0.25) is 0 Å². The predicted octanol–water partition coefficient (Wildman–Crippen LogP) is 4.11. The fourth-order valence-corrected chi connectivity index (χ4v) is 3.73. The summed E-state index contributed by atoms with van der Waals surface area (Å²) in [5.74, 6) is 0.834. The molecule has 1 aliphatic rings. The summed E-state index contributed by atoms with van der Waals surface area (Å²) in [6.07, 6.45) is 2.50. The first-order chi connectivity index (χ1) is 11.7. The van der Waals surface area contributed by atoms with Crippen molar-refractivity contribution in [3.05, 3.63) is 34.8 Å². The van der Waals surface area contributed by atoms with E-state index in [1.807, 2.05) is 24.3 Å². The monoisotopic (exact) mass is 346 g/mol. The molecular formula is C18H22N2O3S. The van der Waals surface area contributed by atoms with Crippen molar-refractivity contribution in [2.75, 3.05) is 20.3 Å². The molecule has 0 saturated heterocycles. The van der Waals surface area contributed by atoms with E-state index >= 15 is 0 Å². The molecule has 1 aliphatic heterocycles. The van der Waals surface area contributed by atoms with E-state index in [9.17, 15) is 4.79 Å². The van der Waals surface area contributed by atoms with Crippen molar-refractivity contribution in [1.29, 1.82) is 0 Å². The largest absolute Gasteiger partial charge is 0.497 e. The summed E-state index contributed by atoms with van der Waals surface area (Å²) in [7, 11) is 1.66. The summed E-state index contributed by atoms with van der Waals surface area (Å²) < 4.78 is 10.5. The van der Waals surface area contributed by atoms with Crippen molar-refractivity contribution in [1.82, 2.24) is 9.88 Å². The summed E-state index contributed by atoms with van der Waals surface area (Å²) in [6.45, 7) is 3.84. The van der Waals surface area contributed by atoms with Gasteiger partial charge in [-0.2, -0.15) is 0 Å². The zero-order valence-electron chi connectivity index (χ0n) is 14.1. The number of hydrogen-bond donors (Lipinski definition) is 0. The average molecular weight is 346 g/mol. The van der Waals surface area contributed by atoms with Gasteiger partial charge in [-0.25, -0.2) is 9.78 Å². The summed E-state index contributed by atoms with van der Waals surface area (Å²) >= 11 is 1.65. The number of ether oxygens (including phenoxy) is 2. The van der Waals surface area contributed by atoms with E-state index in [1.165, 1.54) is 0 Å². The Labute approximate surface area is 146 Å². The number of methoxy groups -OCH3 is 1. The first-order valence-electron chi connectivity index (χ1n) is 8.26. The normalized spacial score (nSPS) is 13.5. The molecule has 6 heteroatoms. The number of rotatable bonds is 5. The Kier molecular flexibility index (Phi) is 5.35. The molecule has 5 nitrogen and oxygen atoms in total. The van der Waals surface area contributed by atoms with Crippen LogP contribution in [0.1, 0.15) is 30.3 Å². The van der Waals surface area contributed by atoms with Crippen LogP contribution in [-0.2, 0) is 17.7 Å². The Morgan fingerprint density at radius 3 is 2.83 bits per heavy atom. The minimum absolute atomic E-state index is 0.214. The van der Waals surface area contributed by atoms with E-state index in [1.54, 1.807) is 23.3 Å². The first-order valence-corrected chi connectivity index (χ1v) is 9.07. The summed E-state index contributed by atoms with van der Waals surface area (Å²) in [6, 6.07) is 7.90. The van der Waals surface area contributed by atoms with E-state index in [0.717, 1.165) is 46.2 Å². The third kappa shape index (κ3) is 3.70. The van der Waals surface area contributed by atoms with Gasteiger partial charge in [-0.15, -0.1) is 11.3 Å². The number of unbranched alkanes of at least 4 members (excludes halogenated alkanes) is 1. The standard InChI is InChI=1S/C18H22N2O3S/c1-3-4-11-23-18(21)20-10-9-15-16(12-20)24-17(19-15)13-5-7-14(22-2)8-6-13/h5-8H,3-4,9-12H2,1-2H3. The van der Waals surface area contributed by atoms with Crippen molar-refractivity contribution in [2.24, 2.45) is 0 Å². The molecule has 0 radical (unpaired) electrons. The lowest BCUT2D eigenvalue weighted by Gasteiger charge is -2.25. The molecule has 0 bridgehead atoms. The molecule has 0 N–H and O–H groups in total. The second-order valence-electron chi connectivity index (χ2n) is 5.76. The Bertz CT molecular complexity index is 697. The van der Waals surface area contributed by atoms with Crippen LogP contribution in [0.25, 0.3) is 10.6 Å². The molecule has 2 aromatic rings. The van der Waals surface area contributed by atoms with Crippen molar-refractivity contribution in [2.45, 2.75) is 32.7 Å². The lowest BCUT2D eigenvalue weighted by atomic mass is 10.2. The number of hydrogen-bond acceptors (Lipinski definition) is 5. The second kappa shape index (κ2) is 7.66. The number of nitrogens with zero attached hydrogens (tertiary/aromatic N) is 2. The molecule has 1 amide bonds. The fraction of sp³-hybridized carbons (Fsp3) is 0.444. The van der Waals surface area contributed by atoms with Crippen LogP contribution >= 0.6 is 11.3 Å². The SMILES string of the molecule is CCCCOC(=O)N1CCc2nc(-c3ccc(OC)cc3)sc2C1. The first kappa shape index (κ1) is 16.8. The zero-order valence-corrected chi connectivity index (χ0v) is 14.9. The van der Waals surface area contributed by atoms with Gasteiger partial charge < -0.3 is 14.4 Å². The molecule has 0 atom stereocenters. The number of fused-ring (bicyclic) bond motifs is 1. The maximum atomic E-state index is 12.1. The van der Waals surface area contributed by atoms with Crippen molar-refractivity contribution in [3.8, 4) is 16.3 Å². The van der Waals surface area contributed by atoms with Gasteiger partial charge >= 0.3 is 6.09 Å². The highest BCUT2D eigenvalue weighted by Crippen LogP contribution is 2.32. The van der Waals surface area contributed by atoms with Gasteiger partial charge in [-0.1, -0.05) is 13.3 Å². The van der Waals surface area contributed by atoms with Crippen molar-refractivity contribution in [3.63, 3.8) is 0 Å². The molecule has 0 saturated carbocycles. The number of amides is 1. The van der Waals surface area contributed by atoms with E-state index in [2.05, 4.69) is 6.92 Å². The Balaban J connectivity index is 1.69.